The summed E-state index contributed by atoms with van der Waals surface area (Å²) in [5, 5.41) is 22.9. The highest BCUT2D eigenvalue weighted by atomic mass is 19.1. The molecule has 0 saturated carbocycles. The van der Waals surface area contributed by atoms with Gasteiger partial charge in [-0.1, -0.05) is 0 Å². The van der Waals surface area contributed by atoms with Crippen molar-refractivity contribution in [1.82, 2.24) is 19.3 Å². The second-order valence-electron chi connectivity index (χ2n) is 9.40. The molecule has 0 radical (unpaired) electrons. The number of nitrogens with zero attached hydrogens (tertiary/aromatic N) is 4. The Morgan fingerprint density at radius 3 is 2.85 bits per heavy atom. The molecule has 6 rings (SSSR count). The van der Waals surface area contributed by atoms with E-state index in [1.807, 2.05) is 23.8 Å². The van der Waals surface area contributed by atoms with E-state index < -0.39 is 5.54 Å². The minimum absolute atomic E-state index is 0.0108. The van der Waals surface area contributed by atoms with E-state index in [1.165, 1.54) is 6.07 Å². The zero-order valence-corrected chi connectivity index (χ0v) is 19.2. The summed E-state index contributed by atoms with van der Waals surface area (Å²) in [6.45, 7) is 9.19. The number of halogens is 1. The number of hydrogen-bond donors (Lipinski definition) is 2. The molecular weight excluding hydrogens is 421 g/mol. The van der Waals surface area contributed by atoms with Gasteiger partial charge in [0.05, 0.1) is 35.6 Å². The first-order valence-corrected chi connectivity index (χ1v) is 11.2. The average Bonchev–Trinajstić information content (AvgIpc) is 3.48. The summed E-state index contributed by atoms with van der Waals surface area (Å²) in [6.07, 6.45) is 2.67. The van der Waals surface area contributed by atoms with Crippen LogP contribution < -0.4 is 10.1 Å². The molecule has 2 aliphatic heterocycles. The Bertz CT molecular complexity index is 1450. The van der Waals surface area contributed by atoms with Crippen LogP contribution in [-0.4, -0.2) is 37.7 Å². The third kappa shape index (κ3) is 2.70. The first-order chi connectivity index (χ1) is 15.8. The molecule has 0 aliphatic carbocycles. The molecule has 2 aromatic carbocycles. The van der Waals surface area contributed by atoms with Gasteiger partial charge in [-0.15, -0.1) is 10.2 Å². The first-order valence-electron chi connectivity index (χ1n) is 11.2. The number of ether oxygens (including phenoxy) is 1. The Morgan fingerprint density at radius 1 is 1.24 bits per heavy atom. The van der Waals surface area contributed by atoms with Gasteiger partial charge in [-0.25, -0.2) is 4.39 Å². The van der Waals surface area contributed by atoms with Crippen LogP contribution in [0.25, 0.3) is 27.7 Å². The molecule has 2 aliphatic rings. The normalized spacial score (nSPS) is 15.7. The minimum atomic E-state index is -0.397. The molecule has 7 nitrogen and oxygen atoms in total. The summed E-state index contributed by atoms with van der Waals surface area (Å²) in [7, 11) is 0. The van der Waals surface area contributed by atoms with Gasteiger partial charge in [0, 0.05) is 35.7 Å². The second kappa shape index (κ2) is 6.81. The van der Waals surface area contributed by atoms with Crippen molar-refractivity contribution in [3.8, 4) is 22.6 Å². The molecule has 2 N–H and O–H groups in total. The maximum Gasteiger partial charge on any atom is 0.162 e. The van der Waals surface area contributed by atoms with Crippen molar-refractivity contribution in [2.45, 2.75) is 46.2 Å². The number of fused-ring (bicyclic) bond motifs is 6. The van der Waals surface area contributed by atoms with Crippen molar-refractivity contribution >= 4 is 16.6 Å². The van der Waals surface area contributed by atoms with Gasteiger partial charge >= 0.3 is 0 Å². The van der Waals surface area contributed by atoms with Gasteiger partial charge in [0.25, 0.3) is 0 Å². The van der Waals surface area contributed by atoms with Crippen LogP contribution in [0.2, 0.25) is 0 Å². The highest BCUT2D eigenvalue weighted by molar-refractivity contribution is 6.01. The summed E-state index contributed by atoms with van der Waals surface area (Å²) in [5.41, 5.74) is 6.16. The SMILES string of the molecule is Cc1c(-c2cc(F)cc3c2ccn3CCO)c2c(c3c1-n1c(C)nnc1C(C)(C)N3)CCO2. The summed E-state index contributed by atoms with van der Waals surface area (Å²) < 4.78 is 25.1. The van der Waals surface area contributed by atoms with Crippen molar-refractivity contribution in [2.24, 2.45) is 0 Å². The van der Waals surface area contributed by atoms with Crippen molar-refractivity contribution in [2.75, 3.05) is 18.5 Å². The van der Waals surface area contributed by atoms with Crippen LogP contribution in [0, 0.1) is 19.7 Å². The van der Waals surface area contributed by atoms with Gasteiger partial charge in [0.1, 0.15) is 17.4 Å². The molecule has 0 fully saturated rings. The number of benzene rings is 2. The van der Waals surface area contributed by atoms with E-state index in [-0.39, 0.29) is 12.4 Å². The lowest BCUT2D eigenvalue weighted by Gasteiger charge is -2.36. The summed E-state index contributed by atoms with van der Waals surface area (Å²) in [5.74, 6) is 2.15. The fourth-order valence-electron chi connectivity index (χ4n) is 5.45. The summed E-state index contributed by atoms with van der Waals surface area (Å²) in [6, 6.07) is 5.09. The third-order valence-corrected chi connectivity index (χ3v) is 6.88. The lowest BCUT2D eigenvalue weighted by molar-refractivity contribution is 0.278. The number of aliphatic hydroxyl groups excluding tert-OH is 1. The lowest BCUT2D eigenvalue weighted by Crippen LogP contribution is -2.36. The molecule has 170 valence electrons. The molecule has 4 heterocycles. The van der Waals surface area contributed by atoms with Gasteiger partial charge < -0.3 is 19.7 Å². The smallest absolute Gasteiger partial charge is 0.162 e. The number of hydrogen-bond acceptors (Lipinski definition) is 5. The average molecular weight is 448 g/mol. The van der Waals surface area contributed by atoms with Crippen LogP contribution in [0.3, 0.4) is 0 Å². The minimum Gasteiger partial charge on any atom is -0.492 e. The largest absolute Gasteiger partial charge is 0.492 e. The molecule has 0 atom stereocenters. The van der Waals surface area contributed by atoms with Crippen LogP contribution in [0.1, 0.15) is 36.6 Å². The van der Waals surface area contributed by atoms with Crippen LogP contribution in [0.4, 0.5) is 10.1 Å². The predicted octanol–water partition coefficient (Wildman–Crippen LogP) is 4.23. The Kier molecular flexibility index (Phi) is 4.17. The number of anilines is 1. The van der Waals surface area contributed by atoms with Gasteiger partial charge in [0.15, 0.2) is 5.82 Å². The number of aromatic nitrogens is 4. The molecule has 2 aromatic heterocycles. The van der Waals surface area contributed by atoms with Gasteiger partial charge in [-0.2, -0.15) is 0 Å². The summed E-state index contributed by atoms with van der Waals surface area (Å²) >= 11 is 0. The fraction of sp³-hybridized carbons (Fsp3) is 0.360. The molecule has 8 heteroatoms. The van der Waals surface area contributed by atoms with Gasteiger partial charge in [-0.05, 0) is 57.0 Å². The number of rotatable bonds is 3. The Hall–Kier alpha value is -3.39. The van der Waals surface area contributed by atoms with Crippen LogP contribution in [0.5, 0.6) is 5.75 Å². The number of aliphatic hydroxyl groups is 1. The first kappa shape index (κ1) is 20.2. The molecule has 0 spiro atoms. The Labute approximate surface area is 190 Å². The lowest BCUT2D eigenvalue weighted by atomic mass is 9.88. The van der Waals surface area contributed by atoms with E-state index in [2.05, 4.69) is 40.9 Å². The van der Waals surface area contributed by atoms with E-state index in [4.69, 9.17) is 4.74 Å². The van der Waals surface area contributed by atoms with E-state index >= 15 is 0 Å². The monoisotopic (exact) mass is 447 g/mol. The predicted molar refractivity (Wildman–Crippen MR) is 125 cm³/mol. The second-order valence-corrected chi connectivity index (χ2v) is 9.40. The standard InChI is InChI=1S/C25H26FN5O2/c1-13-20(18-11-15(26)12-19-16(18)5-7-30(19)8-9-32)23-17(6-10-33-23)21-22(13)31-14(2)28-29-24(31)25(3,4)27-21/h5,7,11-12,27,32H,6,8-10H2,1-4H3. The van der Waals surface area contributed by atoms with E-state index in [0.29, 0.717) is 13.2 Å². The van der Waals surface area contributed by atoms with Crippen molar-refractivity contribution in [1.29, 1.82) is 0 Å². The number of nitrogens with one attached hydrogen (secondary N) is 1. The van der Waals surface area contributed by atoms with E-state index in [9.17, 15) is 9.50 Å². The fourth-order valence-corrected chi connectivity index (χ4v) is 5.45. The van der Waals surface area contributed by atoms with Crippen molar-refractivity contribution in [3.05, 3.63) is 53.0 Å². The van der Waals surface area contributed by atoms with Crippen LogP contribution in [0.15, 0.2) is 24.4 Å². The molecule has 0 unspecified atom stereocenters. The quantitative estimate of drug-likeness (QED) is 0.492. The molecule has 4 aromatic rings. The molecule has 0 amide bonds. The highest BCUT2D eigenvalue weighted by Gasteiger charge is 2.39. The number of aryl methyl sites for hydroxylation is 1. The van der Waals surface area contributed by atoms with Crippen LogP contribution in [-0.2, 0) is 18.5 Å². The molecule has 0 bridgehead atoms. The zero-order valence-electron chi connectivity index (χ0n) is 19.2. The Balaban J connectivity index is 1.71. The van der Waals surface area contributed by atoms with Gasteiger partial charge in [0.2, 0.25) is 0 Å². The zero-order chi connectivity index (χ0) is 23.1. The maximum absolute atomic E-state index is 14.9. The molecular formula is C25H26FN5O2. The molecule has 0 saturated heterocycles. The topological polar surface area (TPSA) is 77.1 Å². The maximum atomic E-state index is 14.9. The van der Waals surface area contributed by atoms with E-state index in [0.717, 1.165) is 68.4 Å². The summed E-state index contributed by atoms with van der Waals surface area (Å²) in [4.78, 5) is 0. The van der Waals surface area contributed by atoms with Gasteiger partial charge in [-0.3, -0.25) is 4.57 Å². The third-order valence-electron chi connectivity index (χ3n) is 6.88. The van der Waals surface area contributed by atoms with Crippen molar-refractivity contribution in [3.63, 3.8) is 0 Å². The van der Waals surface area contributed by atoms with E-state index in [1.54, 1.807) is 6.07 Å². The van der Waals surface area contributed by atoms with Crippen LogP contribution >= 0.6 is 0 Å². The van der Waals surface area contributed by atoms with Crippen molar-refractivity contribution < 1.29 is 14.2 Å². The highest BCUT2D eigenvalue weighted by Crippen LogP contribution is 2.52. The Morgan fingerprint density at radius 2 is 2.06 bits per heavy atom. The molecule has 33 heavy (non-hydrogen) atoms.